The van der Waals surface area contributed by atoms with Gasteiger partial charge in [-0.15, -0.1) is 0 Å². The zero-order valence-corrected chi connectivity index (χ0v) is 8.66. The zero-order chi connectivity index (χ0) is 10.8. The zero-order valence-electron chi connectivity index (χ0n) is 8.66. The predicted molar refractivity (Wildman–Crippen MR) is 56.5 cm³/mol. The summed E-state index contributed by atoms with van der Waals surface area (Å²) < 4.78 is 0. The maximum Gasteiger partial charge on any atom is 0.187 e. The van der Waals surface area contributed by atoms with Gasteiger partial charge in [0, 0.05) is 11.0 Å². The van der Waals surface area contributed by atoms with Gasteiger partial charge in [-0.3, -0.25) is 4.79 Å². The number of Topliss-reactive ketones (excluding diaryl/α,β-unsaturated/α-hetero) is 1. The topological polar surface area (TPSA) is 21.4 Å². The van der Waals surface area contributed by atoms with Crippen molar-refractivity contribution >= 4 is 11.5 Å². The molecule has 0 aliphatic rings. The van der Waals surface area contributed by atoms with Gasteiger partial charge in [0.25, 0.3) is 0 Å². The van der Waals surface area contributed by atoms with Gasteiger partial charge in [0.15, 0.2) is 11.5 Å². The molecule has 2 heteroatoms. The summed E-state index contributed by atoms with van der Waals surface area (Å²) in [7, 11) is 0. The van der Waals surface area contributed by atoms with E-state index < -0.39 is 0 Å². The quantitative estimate of drug-likeness (QED) is 0.487. The highest BCUT2D eigenvalue weighted by molar-refractivity contribution is 6.00. The fourth-order valence-electron chi connectivity index (χ4n) is 1.12. The second-order valence-electron chi connectivity index (χ2n) is 4.24. The summed E-state index contributed by atoms with van der Waals surface area (Å²) >= 11 is 0. The van der Waals surface area contributed by atoms with E-state index in [1.54, 1.807) is 24.3 Å². The van der Waals surface area contributed by atoms with Crippen LogP contribution in [0.15, 0.2) is 24.3 Å². The Morgan fingerprint density at radius 2 is 1.71 bits per heavy atom. The standard InChI is InChI=1S/C12H13NO/c1-12(2,3)11(14)9-5-7-10(13-4)8-6-9/h5-8H,1-3H3. The van der Waals surface area contributed by atoms with Crippen molar-refractivity contribution in [2.45, 2.75) is 20.8 Å². The number of ketones is 1. The van der Waals surface area contributed by atoms with Gasteiger partial charge in [0.05, 0.1) is 6.57 Å². The van der Waals surface area contributed by atoms with Crippen LogP contribution in [0.25, 0.3) is 4.85 Å². The van der Waals surface area contributed by atoms with Gasteiger partial charge in [0.1, 0.15) is 0 Å². The Balaban J connectivity index is 3.00. The Morgan fingerprint density at radius 1 is 1.21 bits per heavy atom. The summed E-state index contributed by atoms with van der Waals surface area (Å²) in [5, 5.41) is 0. The van der Waals surface area contributed by atoms with Crippen LogP contribution in [0.1, 0.15) is 31.1 Å². The Hall–Kier alpha value is -1.62. The smallest absolute Gasteiger partial charge is 0.187 e. The fourth-order valence-corrected chi connectivity index (χ4v) is 1.12. The van der Waals surface area contributed by atoms with Crippen LogP contribution < -0.4 is 0 Å². The van der Waals surface area contributed by atoms with Crippen LogP contribution >= 0.6 is 0 Å². The van der Waals surface area contributed by atoms with Crippen molar-refractivity contribution in [3.05, 3.63) is 41.2 Å². The average Bonchev–Trinajstić information content (AvgIpc) is 2.15. The van der Waals surface area contributed by atoms with Crippen LogP contribution in [0.3, 0.4) is 0 Å². The SMILES string of the molecule is [C-]#[N+]c1ccc(C(=O)C(C)(C)C)cc1. The van der Waals surface area contributed by atoms with Gasteiger partial charge in [-0.05, 0) is 0 Å². The summed E-state index contributed by atoms with van der Waals surface area (Å²) in [4.78, 5) is 15.1. The Kier molecular flexibility index (Phi) is 2.71. The molecule has 0 spiro atoms. The lowest BCUT2D eigenvalue weighted by molar-refractivity contribution is 0.0858. The molecule has 2 nitrogen and oxygen atoms in total. The Morgan fingerprint density at radius 3 is 2.07 bits per heavy atom. The Labute approximate surface area is 84.4 Å². The van der Waals surface area contributed by atoms with E-state index in [9.17, 15) is 4.79 Å². The van der Waals surface area contributed by atoms with Gasteiger partial charge in [0.2, 0.25) is 0 Å². The third-order valence-electron chi connectivity index (χ3n) is 1.94. The van der Waals surface area contributed by atoms with E-state index in [2.05, 4.69) is 4.85 Å². The minimum Gasteiger partial charge on any atom is -0.294 e. The normalized spacial score (nSPS) is 10.7. The molecular formula is C12H13NO. The summed E-state index contributed by atoms with van der Waals surface area (Å²) in [6.07, 6.45) is 0. The summed E-state index contributed by atoms with van der Waals surface area (Å²) in [5.74, 6) is 0.106. The van der Waals surface area contributed by atoms with Crippen molar-refractivity contribution in [2.75, 3.05) is 0 Å². The van der Waals surface area contributed by atoms with Crippen LogP contribution in [-0.2, 0) is 0 Å². The molecular weight excluding hydrogens is 174 g/mol. The molecule has 0 heterocycles. The number of benzene rings is 1. The first-order valence-corrected chi connectivity index (χ1v) is 4.47. The largest absolute Gasteiger partial charge is 0.294 e. The summed E-state index contributed by atoms with van der Waals surface area (Å²) in [5.41, 5.74) is 0.875. The molecule has 1 rings (SSSR count). The van der Waals surface area contributed by atoms with Gasteiger partial charge in [-0.25, -0.2) is 4.85 Å². The van der Waals surface area contributed by atoms with E-state index in [1.165, 1.54) is 0 Å². The highest BCUT2D eigenvalue weighted by Gasteiger charge is 2.22. The number of carbonyl (C=O) groups is 1. The maximum atomic E-state index is 11.8. The lowest BCUT2D eigenvalue weighted by atomic mass is 9.86. The number of hydrogen-bond donors (Lipinski definition) is 0. The first-order chi connectivity index (χ1) is 6.45. The number of carbonyl (C=O) groups excluding carboxylic acids is 1. The van der Waals surface area contributed by atoms with E-state index in [4.69, 9.17) is 6.57 Å². The van der Waals surface area contributed by atoms with Crippen molar-refractivity contribution in [1.29, 1.82) is 0 Å². The van der Waals surface area contributed by atoms with Crippen molar-refractivity contribution in [2.24, 2.45) is 5.41 Å². The highest BCUT2D eigenvalue weighted by Crippen LogP contribution is 2.22. The summed E-state index contributed by atoms with van der Waals surface area (Å²) in [6.45, 7) is 12.4. The van der Waals surface area contributed by atoms with Gasteiger partial charge < -0.3 is 0 Å². The number of nitrogens with zero attached hydrogens (tertiary/aromatic N) is 1. The molecule has 1 aromatic rings. The van der Waals surface area contributed by atoms with Crippen LogP contribution in [0.5, 0.6) is 0 Å². The highest BCUT2D eigenvalue weighted by atomic mass is 16.1. The first-order valence-electron chi connectivity index (χ1n) is 4.47. The number of rotatable bonds is 1. The van der Waals surface area contributed by atoms with Crippen LogP contribution in [-0.4, -0.2) is 5.78 Å². The van der Waals surface area contributed by atoms with Crippen LogP contribution in [0, 0.1) is 12.0 Å². The van der Waals surface area contributed by atoms with Crippen molar-refractivity contribution in [3.8, 4) is 0 Å². The van der Waals surface area contributed by atoms with Gasteiger partial charge in [-0.1, -0.05) is 45.0 Å². The molecule has 0 radical (unpaired) electrons. The molecule has 0 aliphatic carbocycles. The minimum atomic E-state index is -0.361. The van der Waals surface area contributed by atoms with Crippen molar-refractivity contribution in [3.63, 3.8) is 0 Å². The molecule has 0 saturated heterocycles. The van der Waals surface area contributed by atoms with Gasteiger partial charge >= 0.3 is 0 Å². The molecule has 0 aliphatic heterocycles. The van der Waals surface area contributed by atoms with E-state index in [1.807, 2.05) is 20.8 Å². The number of hydrogen-bond acceptors (Lipinski definition) is 1. The Bertz CT molecular complexity index is 376. The average molecular weight is 187 g/mol. The molecule has 72 valence electrons. The van der Waals surface area contributed by atoms with Crippen molar-refractivity contribution in [1.82, 2.24) is 0 Å². The molecule has 0 unspecified atom stereocenters. The molecule has 0 aromatic heterocycles. The molecule has 1 aromatic carbocycles. The molecule has 0 bridgehead atoms. The molecule has 0 amide bonds. The van der Waals surface area contributed by atoms with E-state index >= 15 is 0 Å². The second-order valence-corrected chi connectivity index (χ2v) is 4.24. The third-order valence-corrected chi connectivity index (χ3v) is 1.94. The van der Waals surface area contributed by atoms with Crippen LogP contribution in [0.4, 0.5) is 5.69 Å². The molecule has 0 atom stereocenters. The van der Waals surface area contributed by atoms with Crippen molar-refractivity contribution < 1.29 is 4.79 Å². The van der Waals surface area contributed by atoms with E-state index in [-0.39, 0.29) is 11.2 Å². The summed E-state index contributed by atoms with van der Waals surface area (Å²) in [6, 6.07) is 6.76. The van der Waals surface area contributed by atoms with E-state index in [0.29, 0.717) is 11.3 Å². The van der Waals surface area contributed by atoms with Gasteiger partial charge in [-0.2, -0.15) is 0 Å². The molecule has 0 fully saturated rings. The van der Waals surface area contributed by atoms with Crippen LogP contribution in [0.2, 0.25) is 0 Å². The first kappa shape index (κ1) is 10.5. The monoisotopic (exact) mass is 187 g/mol. The second kappa shape index (κ2) is 3.63. The third kappa shape index (κ3) is 2.20. The lowest BCUT2D eigenvalue weighted by Gasteiger charge is -2.16. The van der Waals surface area contributed by atoms with E-state index in [0.717, 1.165) is 0 Å². The lowest BCUT2D eigenvalue weighted by Crippen LogP contribution is -2.19. The molecule has 0 N–H and O–H groups in total. The molecule has 0 saturated carbocycles. The fraction of sp³-hybridized carbons (Fsp3) is 0.333. The maximum absolute atomic E-state index is 11.8. The predicted octanol–water partition coefficient (Wildman–Crippen LogP) is 3.47. The molecule has 14 heavy (non-hydrogen) atoms. The minimum absolute atomic E-state index is 0.106.